The zero-order valence-electron chi connectivity index (χ0n) is 14.9. The van der Waals surface area contributed by atoms with Crippen molar-refractivity contribution < 1.29 is 14.3 Å². The highest BCUT2D eigenvalue weighted by Gasteiger charge is 2.27. The summed E-state index contributed by atoms with van der Waals surface area (Å²) in [6, 6.07) is 7.49. The van der Waals surface area contributed by atoms with Crippen LogP contribution in [-0.2, 0) is 9.59 Å². The fourth-order valence-corrected chi connectivity index (χ4v) is 3.30. The molecule has 1 heterocycles. The molecule has 1 aliphatic heterocycles. The molecule has 24 heavy (non-hydrogen) atoms. The number of benzene rings is 1. The highest BCUT2D eigenvalue weighted by atomic mass is 16.5. The van der Waals surface area contributed by atoms with Crippen LogP contribution in [0.5, 0.6) is 5.75 Å². The van der Waals surface area contributed by atoms with Gasteiger partial charge in [-0.15, -0.1) is 0 Å². The number of carbonyl (C=O) groups excluding carboxylic acids is 2. The van der Waals surface area contributed by atoms with Crippen molar-refractivity contribution in [1.29, 1.82) is 0 Å². The maximum atomic E-state index is 12.8. The summed E-state index contributed by atoms with van der Waals surface area (Å²) < 4.78 is 5.67. The van der Waals surface area contributed by atoms with Gasteiger partial charge in [-0.3, -0.25) is 9.59 Å². The Balaban J connectivity index is 2.19. The van der Waals surface area contributed by atoms with Gasteiger partial charge in [0.1, 0.15) is 5.75 Å². The first-order chi connectivity index (χ1) is 11.5. The van der Waals surface area contributed by atoms with Crippen LogP contribution in [0.2, 0.25) is 0 Å². The molecule has 2 rings (SSSR count). The van der Waals surface area contributed by atoms with E-state index in [4.69, 9.17) is 4.74 Å². The maximum absolute atomic E-state index is 12.8. The van der Waals surface area contributed by atoms with Crippen LogP contribution in [-0.4, -0.2) is 35.9 Å². The molecule has 5 heteroatoms. The van der Waals surface area contributed by atoms with E-state index in [0.29, 0.717) is 6.61 Å². The Morgan fingerprint density at radius 1 is 1.33 bits per heavy atom. The molecule has 0 aliphatic carbocycles. The molecule has 132 valence electrons. The van der Waals surface area contributed by atoms with E-state index in [0.717, 1.165) is 30.7 Å². The van der Waals surface area contributed by atoms with E-state index >= 15 is 0 Å². The second-order valence-corrected chi connectivity index (χ2v) is 6.36. The fourth-order valence-electron chi connectivity index (χ4n) is 3.30. The Morgan fingerprint density at radius 2 is 2.08 bits per heavy atom. The number of para-hydroxylation sites is 1. The lowest BCUT2D eigenvalue weighted by Crippen LogP contribution is -2.43. The number of carbonyl (C=O) groups is 2. The molecule has 2 amide bonds. The average Bonchev–Trinajstić information content (AvgIpc) is 2.55. The molecule has 2 atom stereocenters. The fraction of sp³-hybridized carbons (Fsp3) is 0.579. The first-order valence-corrected chi connectivity index (χ1v) is 8.81. The molecule has 1 N–H and O–H groups in total. The van der Waals surface area contributed by atoms with E-state index < -0.39 is 0 Å². The van der Waals surface area contributed by atoms with Crippen LogP contribution in [0.15, 0.2) is 24.3 Å². The summed E-state index contributed by atoms with van der Waals surface area (Å²) in [5.74, 6) is 0.663. The number of amides is 2. The average molecular weight is 332 g/mol. The van der Waals surface area contributed by atoms with Gasteiger partial charge in [0.15, 0.2) is 0 Å². The molecule has 0 bridgehead atoms. The van der Waals surface area contributed by atoms with Gasteiger partial charge in [0.2, 0.25) is 11.8 Å². The molecular weight excluding hydrogens is 304 g/mol. The van der Waals surface area contributed by atoms with Crippen LogP contribution in [0.1, 0.15) is 58.1 Å². The Morgan fingerprint density at radius 3 is 2.75 bits per heavy atom. The number of rotatable bonds is 6. The van der Waals surface area contributed by atoms with E-state index in [9.17, 15) is 9.59 Å². The van der Waals surface area contributed by atoms with Crippen molar-refractivity contribution in [3.8, 4) is 5.75 Å². The minimum absolute atomic E-state index is 0.0900. The molecule has 1 saturated heterocycles. The van der Waals surface area contributed by atoms with Crippen molar-refractivity contribution in [3.05, 3.63) is 29.8 Å². The van der Waals surface area contributed by atoms with Gasteiger partial charge in [-0.2, -0.15) is 0 Å². The van der Waals surface area contributed by atoms with Crippen molar-refractivity contribution in [2.75, 3.05) is 13.2 Å². The highest BCUT2D eigenvalue weighted by molar-refractivity contribution is 5.79. The predicted octanol–water partition coefficient (Wildman–Crippen LogP) is 3.05. The molecule has 0 spiro atoms. The normalized spacial score (nSPS) is 18.8. The van der Waals surface area contributed by atoms with Crippen molar-refractivity contribution in [2.24, 2.45) is 0 Å². The lowest BCUT2D eigenvalue weighted by atomic mass is 9.99. The molecule has 0 aromatic heterocycles. The SMILES string of the molecule is CCOc1ccccc1C(CC(=O)N1CCCCC1C)NC(C)=O. The summed E-state index contributed by atoms with van der Waals surface area (Å²) in [5.41, 5.74) is 0.854. The molecule has 1 aromatic rings. The number of ether oxygens (including phenoxy) is 1. The minimum atomic E-state index is -0.369. The van der Waals surface area contributed by atoms with Gasteiger partial charge in [0.05, 0.1) is 19.1 Å². The van der Waals surface area contributed by atoms with Crippen molar-refractivity contribution in [3.63, 3.8) is 0 Å². The Hall–Kier alpha value is -2.04. The first kappa shape index (κ1) is 18.3. The van der Waals surface area contributed by atoms with Crippen LogP contribution < -0.4 is 10.1 Å². The minimum Gasteiger partial charge on any atom is -0.494 e. The number of hydrogen-bond donors (Lipinski definition) is 1. The Labute approximate surface area is 144 Å². The number of nitrogens with zero attached hydrogens (tertiary/aromatic N) is 1. The first-order valence-electron chi connectivity index (χ1n) is 8.81. The van der Waals surface area contributed by atoms with Gasteiger partial charge >= 0.3 is 0 Å². The third kappa shape index (κ3) is 4.73. The topological polar surface area (TPSA) is 58.6 Å². The second kappa shape index (κ2) is 8.71. The molecule has 0 radical (unpaired) electrons. The van der Waals surface area contributed by atoms with Crippen molar-refractivity contribution in [2.45, 2.75) is 58.5 Å². The van der Waals surface area contributed by atoms with Gasteiger partial charge in [-0.1, -0.05) is 18.2 Å². The third-order valence-corrected chi connectivity index (χ3v) is 4.47. The molecule has 1 aromatic carbocycles. The summed E-state index contributed by atoms with van der Waals surface area (Å²) in [6.45, 7) is 6.84. The number of hydrogen-bond acceptors (Lipinski definition) is 3. The van der Waals surface area contributed by atoms with E-state index in [1.807, 2.05) is 36.1 Å². The molecule has 5 nitrogen and oxygen atoms in total. The summed E-state index contributed by atoms with van der Waals surface area (Å²) in [6.07, 6.45) is 3.53. The van der Waals surface area contributed by atoms with Gasteiger partial charge in [-0.05, 0) is 39.2 Å². The highest BCUT2D eigenvalue weighted by Crippen LogP contribution is 2.29. The number of likely N-dealkylation sites (tertiary alicyclic amines) is 1. The summed E-state index contributed by atoms with van der Waals surface area (Å²) in [4.78, 5) is 26.4. The third-order valence-electron chi connectivity index (χ3n) is 4.47. The van der Waals surface area contributed by atoms with Crippen molar-refractivity contribution in [1.82, 2.24) is 10.2 Å². The standard InChI is InChI=1S/C19H28N2O3/c1-4-24-18-11-6-5-10-16(18)17(20-15(3)22)13-19(23)21-12-8-7-9-14(21)2/h5-6,10-11,14,17H,4,7-9,12-13H2,1-3H3,(H,20,22). The number of nitrogens with one attached hydrogen (secondary N) is 1. The smallest absolute Gasteiger partial charge is 0.225 e. The van der Waals surface area contributed by atoms with Gasteiger partial charge in [0.25, 0.3) is 0 Å². The van der Waals surface area contributed by atoms with Crippen molar-refractivity contribution >= 4 is 11.8 Å². The van der Waals surface area contributed by atoms with E-state index in [-0.39, 0.29) is 30.3 Å². The van der Waals surface area contributed by atoms with Gasteiger partial charge in [0, 0.05) is 25.1 Å². The Kier molecular flexibility index (Phi) is 6.64. The quantitative estimate of drug-likeness (QED) is 0.871. The lowest BCUT2D eigenvalue weighted by molar-refractivity contribution is -0.135. The van der Waals surface area contributed by atoms with E-state index in [2.05, 4.69) is 12.2 Å². The van der Waals surface area contributed by atoms with Crippen LogP contribution in [0.3, 0.4) is 0 Å². The largest absolute Gasteiger partial charge is 0.494 e. The van der Waals surface area contributed by atoms with E-state index in [1.54, 1.807) is 0 Å². The van der Waals surface area contributed by atoms with Crippen LogP contribution in [0.25, 0.3) is 0 Å². The van der Waals surface area contributed by atoms with Gasteiger partial charge < -0.3 is 15.0 Å². The van der Waals surface area contributed by atoms with E-state index in [1.165, 1.54) is 13.3 Å². The zero-order valence-corrected chi connectivity index (χ0v) is 14.9. The number of piperidine rings is 1. The maximum Gasteiger partial charge on any atom is 0.225 e. The molecule has 1 aliphatic rings. The summed E-state index contributed by atoms with van der Waals surface area (Å²) in [5, 5.41) is 2.91. The van der Waals surface area contributed by atoms with Crippen LogP contribution >= 0.6 is 0 Å². The van der Waals surface area contributed by atoms with Crippen LogP contribution in [0.4, 0.5) is 0 Å². The monoisotopic (exact) mass is 332 g/mol. The van der Waals surface area contributed by atoms with Crippen LogP contribution in [0, 0.1) is 0 Å². The molecule has 0 saturated carbocycles. The molecule has 2 unspecified atom stereocenters. The molecular formula is C19H28N2O3. The zero-order chi connectivity index (χ0) is 17.5. The summed E-state index contributed by atoms with van der Waals surface area (Å²) >= 11 is 0. The summed E-state index contributed by atoms with van der Waals surface area (Å²) in [7, 11) is 0. The van der Waals surface area contributed by atoms with Gasteiger partial charge in [-0.25, -0.2) is 0 Å². The lowest BCUT2D eigenvalue weighted by Gasteiger charge is -2.34. The molecule has 1 fully saturated rings. The Bertz CT molecular complexity index is 573. The second-order valence-electron chi connectivity index (χ2n) is 6.36. The predicted molar refractivity (Wildman–Crippen MR) is 93.8 cm³/mol.